The molecule has 1 saturated heterocycles. The van der Waals surface area contributed by atoms with Crippen LogP contribution in [0, 0.1) is 0 Å². The predicted octanol–water partition coefficient (Wildman–Crippen LogP) is 1.58. The first-order valence-corrected chi connectivity index (χ1v) is 5.33. The summed E-state index contributed by atoms with van der Waals surface area (Å²) in [7, 11) is 0. The highest BCUT2D eigenvalue weighted by atomic mass is 16.5. The molecule has 1 heterocycles. The molecule has 3 heteroatoms. The van der Waals surface area contributed by atoms with Crippen LogP contribution in [0.5, 0.6) is 0 Å². The minimum absolute atomic E-state index is 0.0387. The molecule has 1 aliphatic rings. The van der Waals surface area contributed by atoms with Gasteiger partial charge in [0.15, 0.2) is 0 Å². The number of rotatable bonds is 4. The second kappa shape index (κ2) is 4.94. The number of nitrogens with one attached hydrogen (secondary N) is 1. The molecule has 0 aromatic carbocycles. The van der Waals surface area contributed by atoms with Crippen LogP contribution >= 0.6 is 0 Å². The average Bonchev–Trinajstić information content (AvgIpc) is 2.15. The van der Waals surface area contributed by atoms with Crippen molar-refractivity contribution in [2.45, 2.75) is 57.6 Å². The maximum absolute atomic E-state index is 5.83. The second-order valence-electron chi connectivity index (χ2n) is 4.13. The third-order valence-electron chi connectivity index (χ3n) is 3.01. The van der Waals surface area contributed by atoms with Crippen LogP contribution in [0.15, 0.2) is 0 Å². The van der Waals surface area contributed by atoms with E-state index >= 15 is 0 Å². The van der Waals surface area contributed by atoms with Crippen LogP contribution < -0.4 is 11.3 Å². The number of hydrazine groups is 1. The fraction of sp³-hybridized carbons (Fsp3) is 1.00. The van der Waals surface area contributed by atoms with Crippen molar-refractivity contribution in [1.82, 2.24) is 5.43 Å². The van der Waals surface area contributed by atoms with Crippen LogP contribution in [0.3, 0.4) is 0 Å². The van der Waals surface area contributed by atoms with Crippen LogP contribution in [0.1, 0.15) is 46.0 Å². The van der Waals surface area contributed by atoms with E-state index in [2.05, 4.69) is 19.3 Å². The minimum atomic E-state index is -0.0387. The Morgan fingerprint density at radius 2 is 2.31 bits per heavy atom. The van der Waals surface area contributed by atoms with Gasteiger partial charge in [-0.15, -0.1) is 0 Å². The molecule has 0 bridgehead atoms. The van der Waals surface area contributed by atoms with E-state index in [4.69, 9.17) is 10.6 Å². The Bertz CT molecular complexity index is 144. The van der Waals surface area contributed by atoms with Crippen molar-refractivity contribution in [3.63, 3.8) is 0 Å². The molecule has 3 nitrogen and oxygen atoms in total. The highest BCUT2D eigenvalue weighted by Gasteiger charge is 2.35. The molecule has 2 unspecified atom stereocenters. The van der Waals surface area contributed by atoms with E-state index in [0.717, 1.165) is 25.9 Å². The van der Waals surface area contributed by atoms with Gasteiger partial charge in [-0.25, -0.2) is 0 Å². The van der Waals surface area contributed by atoms with Crippen molar-refractivity contribution in [3.05, 3.63) is 0 Å². The van der Waals surface area contributed by atoms with Gasteiger partial charge in [0.25, 0.3) is 0 Å². The van der Waals surface area contributed by atoms with Crippen molar-refractivity contribution in [2.75, 3.05) is 6.61 Å². The molecule has 0 aromatic heterocycles. The lowest BCUT2D eigenvalue weighted by molar-refractivity contribution is -0.0902. The van der Waals surface area contributed by atoms with E-state index in [9.17, 15) is 0 Å². The Kier molecular flexibility index (Phi) is 4.16. The highest BCUT2D eigenvalue weighted by Crippen LogP contribution is 2.29. The average molecular weight is 186 g/mol. The summed E-state index contributed by atoms with van der Waals surface area (Å²) >= 11 is 0. The topological polar surface area (TPSA) is 47.3 Å². The van der Waals surface area contributed by atoms with Crippen molar-refractivity contribution in [2.24, 2.45) is 5.84 Å². The summed E-state index contributed by atoms with van der Waals surface area (Å²) < 4.78 is 5.83. The van der Waals surface area contributed by atoms with Gasteiger partial charge >= 0.3 is 0 Å². The molecule has 13 heavy (non-hydrogen) atoms. The third-order valence-corrected chi connectivity index (χ3v) is 3.01. The van der Waals surface area contributed by atoms with Gasteiger partial charge in [0.05, 0.1) is 5.60 Å². The van der Waals surface area contributed by atoms with E-state index in [0.29, 0.717) is 6.04 Å². The van der Waals surface area contributed by atoms with E-state index in [1.807, 2.05) is 0 Å². The molecule has 0 aliphatic carbocycles. The van der Waals surface area contributed by atoms with E-state index in [-0.39, 0.29) is 5.60 Å². The monoisotopic (exact) mass is 186 g/mol. The maximum Gasteiger partial charge on any atom is 0.0820 e. The first-order valence-electron chi connectivity index (χ1n) is 5.33. The fourth-order valence-corrected chi connectivity index (χ4v) is 2.08. The Hall–Kier alpha value is -0.120. The van der Waals surface area contributed by atoms with Crippen molar-refractivity contribution < 1.29 is 4.74 Å². The molecule has 0 saturated carbocycles. The summed E-state index contributed by atoms with van der Waals surface area (Å²) in [6, 6.07) is 0.304. The van der Waals surface area contributed by atoms with Gasteiger partial charge in [0.2, 0.25) is 0 Å². The van der Waals surface area contributed by atoms with Crippen LogP contribution in [0.2, 0.25) is 0 Å². The summed E-state index contributed by atoms with van der Waals surface area (Å²) in [5.74, 6) is 5.54. The Morgan fingerprint density at radius 3 is 2.77 bits per heavy atom. The van der Waals surface area contributed by atoms with E-state index in [1.165, 1.54) is 12.8 Å². The Morgan fingerprint density at radius 1 is 1.54 bits per heavy atom. The van der Waals surface area contributed by atoms with Crippen LogP contribution in [0.4, 0.5) is 0 Å². The summed E-state index contributed by atoms with van der Waals surface area (Å²) in [6.07, 6.45) is 5.82. The normalized spacial score (nSPS) is 31.6. The molecule has 78 valence electrons. The zero-order chi connectivity index (χ0) is 9.73. The third kappa shape index (κ3) is 2.66. The fourth-order valence-electron chi connectivity index (χ4n) is 2.08. The number of nitrogens with two attached hydrogens (primary N) is 1. The van der Waals surface area contributed by atoms with Crippen molar-refractivity contribution in [1.29, 1.82) is 0 Å². The van der Waals surface area contributed by atoms with Crippen LogP contribution in [0.25, 0.3) is 0 Å². The van der Waals surface area contributed by atoms with Crippen molar-refractivity contribution >= 4 is 0 Å². The molecular weight excluding hydrogens is 164 g/mol. The number of ether oxygens (including phenoxy) is 1. The van der Waals surface area contributed by atoms with Gasteiger partial charge in [-0.3, -0.25) is 11.3 Å². The lowest BCUT2D eigenvalue weighted by atomic mass is 9.86. The molecular formula is C10H22N2O. The van der Waals surface area contributed by atoms with Gasteiger partial charge in [-0.2, -0.15) is 0 Å². The zero-order valence-electron chi connectivity index (χ0n) is 8.81. The molecule has 1 fully saturated rings. The summed E-state index contributed by atoms with van der Waals surface area (Å²) in [5, 5.41) is 0. The van der Waals surface area contributed by atoms with E-state index < -0.39 is 0 Å². The van der Waals surface area contributed by atoms with Gasteiger partial charge in [-0.05, 0) is 32.6 Å². The maximum atomic E-state index is 5.83. The van der Waals surface area contributed by atoms with Crippen LogP contribution in [-0.4, -0.2) is 18.2 Å². The van der Waals surface area contributed by atoms with Gasteiger partial charge in [0.1, 0.15) is 0 Å². The predicted molar refractivity (Wildman–Crippen MR) is 54.2 cm³/mol. The van der Waals surface area contributed by atoms with Gasteiger partial charge in [-0.1, -0.05) is 13.3 Å². The Balaban J connectivity index is 2.52. The second-order valence-corrected chi connectivity index (χ2v) is 4.13. The molecule has 0 amide bonds. The number of hydrogen-bond donors (Lipinski definition) is 2. The highest BCUT2D eigenvalue weighted by molar-refractivity contribution is 4.89. The largest absolute Gasteiger partial charge is 0.374 e. The first-order chi connectivity index (χ1) is 6.23. The van der Waals surface area contributed by atoms with Gasteiger partial charge in [0, 0.05) is 12.6 Å². The molecule has 0 radical (unpaired) electrons. The lowest BCUT2D eigenvalue weighted by Gasteiger charge is -2.40. The zero-order valence-corrected chi connectivity index (χ0v) is 8.81. The standard InChI is InChI=1S/C10H22N2O/c1-3-6-9(12-11)10(2)7-4-5-8-13-10/h9,12H,3-8,11H2,1-2H3. The quantitative estimate of drug-likeness (QED) is 0.517. The first kappa shape index (κ1) is 11.0. The summed E-state index contributed by atoms with van der Waals surface area (Å²) in [5.41, 5.74) is 2.85. The molecule has 1 aliphatic heterocycles. The molecule has 3 N–H and O–H groups in total. The minimum Gasteiger partial charge on any atom is -0.374 e. The molecule has 0 spiro atoms. The van der Waals surface area contributed by atoms with E-state index in [1.54, 1.807) is 0 Å². The summed E-state index contributed by atoms with van der Waals surface area (Å²) in [6.45, 7) is 5.24. The molecule has 2 atom stereocenters. The smallest absolute Gasteiger partial charge is 0.0820 e. The Labute approximate surface area is 81.0 Å². The molecule has 0 aromatic rings. The lowest BCUT2D eigenvalue weighted by Crippen LogP contribution is -2.54. The van der Waals surface area contributed by atoms with Crippen molar-refractivity contribution in [3.8, 4) is 0 Å². The van der Waals surface area contributed by atoms with Gasteiger partial charge < -0.3 is 4.74 Å². The molecule has 1 rings (SSSR count). The number of hydrogen-bond acceptors (Lipinski definition) is 3. The summed E-state index contributed by atoms with van der Waals surface area (Å²) in [4.78, 5) is 0. The SMILES string of the molecule is CCCC(NN)C1(C)CCCCO1. The van der Waals surface area contributed by atoms with Crippen LogP contribution in [-0.2, 0) is 4.74 Å².